The van der Waals surface area contributed by atoms with Crippen molar-refractivity contribution < 1.29 is 13.2 Å². The molecule has 2 aromatic carbocycles. The predicted molar refractivity (Wildman–Crippen MR) is 121 cm³/mol. The van der Waals surface area contributed by atoms with Crippen molar-refractivity contribution in [3.05, 3.63) is 65.7 Å². The monoisotopic (exact) mass is 431 g/mol. The Labute approximate surface area is 180 Å². The second kappa shape index (κ2) is 10.2. The molecule has 0 fully saturated rings. The van der Waals surface area contributed by atoms with Crippen LogP contribution in [0.3, 0.4) is 0 Å². The molecule has 1 atom stereocenters. The minimum Gasteiger partial charge on any atom is -0.339 e. The number of hydrogen-bond acceptors (Lipinski definition) is 4. The van der Waals surface area contributed by atoms with Gasteiger partial charge in [-0.1, -0.05) is 30.3 Å². The SMILES string of the molecule is CCN(CC)C(=O)c1ccc(S(=O)(=O)NCC(C)(C)NC(C)c2ccccc2)cc1. The first-order chi connectivity index (χ1) is 14.1. The Kier molecular flexibility index (Phi) is 8.18. The maximum atomic E-state index is 12.7. The van der Waals surface area contributed by atoms with Crippen LogP contribution < -0.4 is 10.0 Å². The molecule has 164 valence electrons. The lowest BCUT2D eigenvalue weighted by molar-refractivity contribution is 0.0773. The van der Waals surface area contributed by atoms with Gasteiger partial charge >= 0.3 is 0 Å². The van der Waals surface area contributed by atoms with E-state index in [9.17, 15) is 13.2 Å². The predicted octanol–water partition coefficient (Wildman–Crippen LogP) is 3.58. The van der Waals surface area contributed by atoms with Crippen molar-refractivity contribution >= 4 is 15.9 Å². The molecule has 0 saturated heterocycles. The van der Waals surface area contributed by atoms with Gasteiger partial charge < -0.3 is 10.2 Å². The van der Waals surface area contributed by atoms with Gasteiger partial charge in [0.15, 0.2) is 0 Å². The molecule has 1 unspecified atom stereocenters. The van der Waals surface area contributed by atoms with E-state index in [-0.39, 0.29) is 23.4 Å². The Bertz CT molecular complexity index is 922. The van der Waals surface area contributed by atoms with Crippen molar-refractivity contribution in [2.24, 2.45) is 0 Å². The minimum absolute atomic E-state index is 0.0797. The van der Waals surface area contributed by atoms with Gasteiger partial charge in [-0.15, -0.1) is 0 Å². The van der Waals surface area contributed by atoms with Crippen LogP contribution in [-0.2, 0) is 10.0 Å². The molecule has 0 aliphatic heterocycles. The summed E-state index contributed by atoms with van der Waals surface area (Å²) in [6.45, 7) is 11.3. The summed E-state index contributed by atoms with van der Waals surface area (Å²) in [4.78, 5) is 14.2. The molecule has 0 saturated carbocycles. The maximum absolute atomic E-state index is 12.7. The molecule has 2 aromatic rings. The fourth-order valence-electron chi connectivity index (χ4n) is 3.29. The van der Waals surface area contributed by atoms with Gasteiger partial charge in [-0.05, 0) is 64.4 Å². The molecule has 1 amide bonds. The van der Waals surface area contributed by atoms with Crippen molar-refractivity contribution in [1.29, 1.82) is 0 Å². The van der Waals surface area contributed by atoms with Crippen LogP contribution in [0.15, 0.2) is 59.5 Å². The molecule has 7 heteroatoms. The first kappa shape index (κ1) is 24.1. The highest BCUT2D eigenvalue weighted by molar-refractivity contribution is 7.89. The van der Waals surface area contributed by atoms with Crippen LogP contribution in [0.1, 0.15) is 56.6 Å². The van der Waals surface area contributed by atoms with Crippen molar-refractivity contribution in [1.82, 2.24) is 14.9 Å². The van der Waals surface area contributed by atoms with E-state index in [1.807, 2.05) is 58.0 Å². The molecule has 30 heavy (non-hydrogen) atoms. The number of benzene rings is 2. The number of nitrogens with zero attached hydrogens (tertiary/aromatic N) is 1. The van der Waals surface area contributed by atoms with Gasteiger partial charge in [0.25, 0.3) is 5.91 Å². The van der Waals surface area contributed by atoms with Crippen LogP contribution in [0, 0.1) is 0 Å². The number of carbonyl (C=O) groups is 1. The number of hydrogen-bond donors (Lipinski definition) is 2. The molecule has 0 bridgehead atoms. The highest BCUT2D eigenvalue weighted by Gasteiger charge is 2.24. The summed E-state index contributed by atoms with van der Waals surface area (Å²) in [7, 11) is -3.68. The van der Waals surface area contributed by atoms with Crippen molar-refractivity contribution in [2.45, 2.75) is 51.1 Å². The molecule has 2 N–H and O–H groups in total. The van der Waals surface area contributed by atoms with Crippen molar-refractivity contribution in [3.63, 3.8) is 0 Å². The third-order valence-corrected chi connectivity index (χ3v) is 6.49. The van der Waals surface area contributed by atoms with E-state index in [2.05, 4.69) is 17.0 Å². The zero-order valence-corrected chi connectivity index (χ0v) is 19.3. The van der Waals surface area contributed by atoms with Gasteiger partial charge in [0.05, 0.1) is 4.90 Å². The number of amides is 1. The van der Waals surface area contributed by atoms with Crippen molar-refractivity contribution in [2.75, 3.05) is 19.6 Å². The lowest BCUT2D eigenvalue weighted by atomic mass is 10.0. The molecule has 0 aliphatic rings. The lowest BCUT2D eigenvalue weighted by Crippen LogP contribution is -2.49. The van der Waals surface area contributed by atoms with Crippen LogP contribution in [0.5, 0.6) is 0 Å². The average Bonchev–Trinajstić information content (AvgIpc) is 2.74. The smallest absolute Gasteiger partial charge is 0.253 e. The third kappa shape index (κ3) is 6.39. The van der Waals surface area contributed by atoms with E-state index in [1.165, 1.54) is 12.1 Å². The van der Waals surface area contributed by atoms with E-state index in [0.717, 1.165) is 5.56 Å². The summed E-state index contributed by atoms with van der Waals surface area (Å²) in [6, 6.07) is 16.2. The third-order valence-electron chi connectivity index (χ3n) is 5.07. The summed E-state index contributed by atoms with van der Waals surface area (Å²) < 4.78 is 28.1. The van der Waals surface area contributed by atoms with Gasteiger partial charge in [0, 0.05) is 36.8 Å². The molecule has 0 heterocycles. The highest BCUT2D eigenvalue weighted by Crippen LogP contribution is 2.17. The molecule has 6 nitrogen and oxygen atoms in total. The molecule has 0 aromatic heterocycles. The topological polar surface area (TPSA) is 78.5 Å². The summed E-state index contributed by atoms with van der Waals surface area (Å²) in [5.74, 6) is -0.0999. The summed E-state index contributed by atoms with van der Waals surface area (Å²) >= 11 is 0. The van der Waals surface area contributed by atoms with Gasteiger partial charge in [0.2, 0.25) is 10.0 Å². The minimum atomic E-state index is -3.68. The van der Waals surface area contributed by atoms with Crippen molar-refractivity contribution in [3.8, 4) is 0 Å². The van der Waals surface area contributed by atoms with E-state index in [0.29, 0.717) is 18.7 Å². The second-order valence-corrected chi connectivity index (χ2v) is 9.75. The quantitative estimate of drug-likeness (QED) is 0.603. The zero-order valence-electron chi connectivity index (χ0n) is 18.5. The molecular formula is C23H33N3O3S. The number of rotatable bonds is 10. The van der Waals surface area contributed by atoms with Crippen LogP contribution >= 0.6 is 0 Å². The molecule has 0 radical (unpaired) electrons. The largest absolute Gasteiger partial charge is 0.339 e. The number of carbonyl (C=O) groups excluding carboxylic acids is 1. The Morgan fingerprint density at radius 1 is 1.00 bits per heavy atom. The zero-order chi connectivity index (χ0) is 22.4. The maximum Gasteiger partial charge on any atom is 0.253 e. The fraction of sp³-hybridized carbons (Fsp3) is 0.435. The number of sulfonamides is 1. The molecular weight excluding hydrogens is 398 g/mol. The number of nitrogens with one attached hydrogen (secondary N) is 2. The molecule has 2 rings (SSSR count). The van der Waals surface area contributed by atoms with E-state index in [1.54, 1.807) is 17.0 Å². The van der Waals surface area contributed by atoms with E-state index >= 15 is 0 Å². The normalized spacial score (nSPS) is 13.1. The highest BCUT2D eigenvalue weighted by atomic mass is 32.2. The first-order valence-corrected chi connectivity index (χ1v) is 11.8. The van der Waals surface area contributed by atoms with E-state index in [4.69, 9.17) is 0 Å². The van der Waals surface area contributed by atoms with Gasteiger partial charge in [-0.2, -0.15) is 0 Å². The van der Waals surface area contributed by atoms with Gasteiger partial charge in [0.1, 0.15) is 0 Å². The standard InChI is InChI=1S/C23H33N3O3S/c1-6-26(7-2)22(27)20-13-15-21(16-14-20)30(28,29)24-17-23(4,5)25-18(3)19-11-9-8-10-12-19/h8-16,18,24-25H,6-7,17H2,1-5H3. The first-order valence-electron chi connectivity index (χ1n) is 10.3. The fourth-order valence-corrected chi connectivity index (χ4v) is 4.50. The van der Waals surface area contributed by atoms with Crippen LogP contribution in [0.2, 0.25) is 0 Å². The Balaban J connectivity index is 2.02. The Hall–Kier alpha value is -2.22. The summed E-state index contributed by atoms with van der Waals surface area (Å²) in [5, 5.41) is 3.47. The average molecular weight is 432 g/mol. The Morgan fingerprint density at radius 2 is 1.57 bits per heavy atom. The summed E-state index contributed by atoms with van der Waals surface area (Å²) in [6.07, 6.45) is 0. The lowest BCUT2D eigenvalue weighted by Gasteiger charge is -2.30. The van der Waals surface area contributed by atoms with Crippen LogP contribution in [0.25, 0.3) is 0 Å². The van der Waals surface area contributed by atoms with E-state index < -0.39 is 15.6 Å². The van der Waals surface area contributed by atoms with Crippen LogP contribution in [0.4, 0.5) is 0 Å². The van der Waals surface area contributed by atoms with Gasteiger partial charge in [-0.3, -0.25) is 4.79 Å². The van der Waals surface area contributed by atoms with Crippen LogP contribution in [-0.4, -0.2) is 44.4 Å². The Morgan fingerprint density at radius 3 is 2.10 bits per heavy atom. The molecule has 0 aliphatic carbocycles. The van der Waals surface area contributed by atoms with Gasteiger partial charge in [-0.25, -0.2) is 13.1 Å². The summed E-state index contributed by atoms with van der Waals surface area (Å²) in [5.41, 5.74) is 1.17. The molecule has 0 spiro atoms. The second-order valence-electron chi connectivity index (χ2n) is 7.99.